The molecule has 1 atom stereocenters. The fraction of sp³-hybridized carbons (Fsp3) is 0.769. The van der Waals surface area contributed by atoms with E-state index in [1.54, 1.807) is 4.68 Å². The van der Waals surface area contributed by atoms with E-state index in [1.807, 2.05) is 14.0 Å². The highest BCUT2D eigenvalue weighted by Crippen LogP contribution is 2.22. The Morgan fingerprint density at radius 3 is 2.78 bits per heavy atom. The van der Waals surface area contributed by atoms with Gasteiger partial charge in [-0.1, -0.05) is 25.4 Å². The Bertz CT molecular complexity index is 417. The highest BCUT2D eigenvalue weighted by molar-refractivity contribution is 6.30. The lowest BCUT2D eigenvalue weighted by molar-refractivity contribution is -0.0529. The normalized spacial score (nSPS) is 21.8. The molecule has 0 radical (unpaired) electrons. The first-order valence-electron chi connectivity index (χ1n) is 6.51. The molecular weight excluding hydrogens is 250 g/mol. The number of rotatable bonds is 3. The summed E-state index contributed by atoms with van der Waals surface area (Å²) in [6, 6.07) is 0. The summed E-state index contributed by atoms with van der Waals surface area (Å²) in [6.07, 6.45) is 0.328. The molecular formula is C13H22ClN3O. The fourth-order valence-electron chi connectivity index (χ4n) is 2.36. The lowest BCUT2D eigenvalue weighted by Gasteiger charge is -2.34. The highest BCUT2D eigenvalue weighted by atomic mass is 35.5. The molecule has 0 spiro atoms. The van der Waals surface area contributed by atoms with E-state index >= 15 is 0 Å². The first-order valence-corrected chi connectivity index (χ1v) is 6.88. The van der Waals surface area contributed by atoms with Crippen molar-refractivity contribution in [2.75, 3.05) is 19.7 Å². The molecule has 1 aromatic rings. The zero-order chi connectivity index (χ0) is 13.3. The van der Waals surface area contributed by atoms with Gasteiger partial charge in [0.05, 0.1) is 18.4 Å². The average molecular weight is 272 g/mol. The van der Waals surface area contributed by atoms with E-state index in [2.05, 4.69) is 23.8 Å². The maximum atomic E-state index is 6.27. The summed E-state index contributed by atoms with van der Waals surface area (Å²) in [6.45, 7) is 10.0. The van der Waals surface area contributed by atoms with Crippen LogP contribution in [-0.4, -0.2) is 40.5 Å². The highest BCUT2D eigenvalue weighted by Gasteiger charge is 2.24. The lowest BCUT2D eigenvalue weighted by atomic mass is 10.1. The molecule has 0 bridgehead atoms. The first kappa shape index (κ1) is 13.8. The number of ether oxygens (including phenoxy) is 1. The molecule has 1 fully saturated rings. The second-order valence-electron chi connectivity index (χ2n) is 5.37. The second-order valence-corrected chi connectivity index (χ2v) is 5.72. The van der Waals surface area contributed by atoms with Crippen molar-refractivity contribution in [3.8, 4) is 0 Å². The minimum absolute atomic E-state index is 0.328. The van der Waals surface area contributed by atoms with Crippen LogP contribution in [0.1, 0.15) is 25.1 Å². The summed E-state index contributed by atoms with van der Waals surface area (Å²) in [5.74, 6) is 0.554. The van der Waals surface area contributed by atoms with Crippen molar-refractivity contribution in [3.63, 3.8) is 0 Å². The number of aromatic nitrogens is 2. The van der Waals surface area contributed by atoms with Gasteiger partial charge in [-0.3, -0.25) is 9.58 Å². The van der Waals surface area contributed by atoms with Crippen molar-refractivity contribution >= 4 is 11.6 Å². The molecule has 1 aliphatic heterocycles. The van der Waals surface area contributed by atoms with Gasteiger partial charge in [0, 0.05) is 32.2 Å². The zero-order valence-electron chi connectivity index (χ0n) is 11.6. The van der Waals surface area contributed by atoms with Crippen molar-refractivity contribution < 1.29 is 4.74 Å². The van der Waals surface area contributed by atoms with Crippen LogP contribution < -0.4 is 0 Å². The molecule has 1 unspecified atom stereocenters. The predicted octanol–water partition coefficient (Wildman–Crippen LogP) is 2.24. The Morgan fingerprint density at radius 2 is 2.22 bits per heavy atom. The maximum absolute atomic E-state index is 6.27. The topological polar surface area (TPSA) is 30.3 Å². The molecule has 0 aromatic carbocycles. The minimum atomic E-state index is 0.328. The summed E-state index contributed by atoms with van der Waals surface area (Å²) in [5.41, 5.74) is 2.17. The average Bonchev–Trinajstić information content (AvgIpc) is 2.56. The van der Waals surface area contributed by atoms with Gasteiger partial charge in [-0.15, -0.1) is 0 Å². The number of nitrogens with zero attached hydrogens (tertiary/aromatic N) is 3. The Hall–Kier alpha value is -0.580. The van der Waals surface area contributed by atoms with Crippen molar-refractivity contribution in [3.05, 3.63) is 16.4 Å². The van der Waals surface area contributed by atoms with E-state index < -0.39 is 0 Å². The third-order valence-electron chi connectivity index (χ3n) is 3.57. The second kappa shape index (κ2) is 5.59. The Kier molecular flexibility index (Phi) is 4.30. The number of hydrogen-bond donors (Lipinski definition) is 0. The van der Waals surface area contributed by atoms with Gasteiger partial charge in [-0.2, -0.15) is 5.10 Å². The van der Waals surface area contributed by atoms with Crippen molar-refractivity contribution in [1.82, 2.24) is 14.7 Å². The molecule has 5 heteroatoms. The van der Waals surface area contributed by atoms with Crippen LogP contribution in [0.25, 0.3) is 0 Å². The fourth-order valence-corrected chi connectivity index (χ4v) is 2.59. The van der Waals surface area contributed by atoms with Gasteiger partial charge >= 0.3 is 0 Å². The van der Waals surface area contributed by atoms with Crippen LogP contribution in [0.3, 0.4) is 0 Å². The van der Waals surface area contributed by atoms with E-state index in [4.69, 9.17) is 16.3 Å². The summed E-state index contributed by atoms with van der Waals surface area (Å²) < 4.78 is 7.52. The molecule has 2 heterocycles. The van der Waals surface area contributed by atoms with Crippen LogP contribution in [0, 0.1) is 12.8 Å². The van der Waals surface area contributed by atoms with Crippen LogP contribution in [-0.2, 0) is 18.3 Å². The largest absolute Gasteiger partial charge is 0.375 e. The van der Waals surface area contributed by atoms with E-state index in [1.165, 1.54) is 0 Å². The lowest BCUT2D eigenvalue weighted by Crippen LogP contribution is -2.44. The molecule has 18 heavy (non-hydrogen) atoms. The van der Waals surface area contributed by atoms with Gasteiger partial charge in [0.15, 0.2) is 0 Å². The molecule has 1 aromatic heterocycles. The predicted molar refractivity (Wildman–Crippen MR) is 72.8 cm³/mol. The number of hydrogen-bond acceptors (Lipinski definition) is 3. The molecule has 0 saturated carbocycles. The molecule has 0 amide bonds. The van der Waals surface area contributed by atoms with Crippen molar-refractivity contribution in [2.24, 2.45) is 13.0 Å². The van der Waals surface area contributed by atoms with Crippen LogP contribution in [0.4, 0.5) is 0 Å². The molecule has 0 aliphatic carbocycles. The Morgan fingerprint density at radius 1 is 1.50 bits per heavy atom. The van der Waals surface area contributed by atoms with Crippen LogP contribution in [0.15, 0.2) is 0 Å². The van der Waals surface area contributed by atoms with Gasteiger partial charge in [0.1, 0.15) is 5.15 Å². The van der Waals surface area contributed by atoms with Gasteiger partial charge < -0.3 is 4.74 Å². The van der Waals surface area contributed by atoms with E-state index in [0.29, 0.717) is 12.0 Å². The quantitative estimate of drug-likeness (QED) is 0.845. The monoisotopic (exact) mass is 271 g/mol. The summed E-state index contributed by atoms with van der Waals surface area (Å²) >= 11 is 6.27. The molecule has 1 saturated heterocycles. The Balaban J connectivity index is 2.05. The van der Waals surface area contributed by atoms with Gasteiger partial charge in [0.2, 0.25) is 0 Å². The maximum Gasteiger partial charge on any atom is 0.131 e. The summed E-state index contributed by atoms with van der Waals surface area (Å²) in [4.78, 5) is 2.41. The van der Waals surface area contributed by atoms with E-state index in [-0.39, 0.29) is 0 Å². The smallest absolute Gasteiger partial charge is 0.131 e. The van der Waals surface area contributed by atoms with E-state index in [9.17, 15) is 0 Å². The number of halogens is 1. The van der Waals surface area contributed by atoms with Gasteiger partial charge in [-0.05, 0) is 12.8 Å². The van der Waals surface area contributed by atoms with Crippen LogP contribution >= 0.6 is 11.6 Å². The molecule has 4 nitrogen and oxygen atoms in total. The molecule has 102 valence electrons. The molecule has 1 aliphatic rings. The first-order chi connectivity index (χ1) is 8.49. The molecule has 2 rings (SSSR count). The zero-order valence-corrected chi connectivity index (χ0v) is 12.4. The SMILES string of the molecule is Cc1nn(C)c(Cl)c1CN1CCOC(C(C)C)C1. The van der Waals surface area contributed by atoms with Gasteiger partial charge in [-0.25, -0.2) is 0 Å². The minimum Gasteiger partial charge on any atom is -0.375 e. The third-order valence-corrected chi connectivity index (χ3v) is 4.05. The standard InChI is InChI=1S/C13H22ClN3O/c1-9(2)12-8-17(5-6-18-12)7-11-10(3)15-16(4)13(11)14/h9,12H,5-8H2,1-4H3. The number of morpholine rings is 1. The third kappa shape index (κ3) is 2.87. The van der Waals surface area contributed by atoms with Gasteiger partial charge in [0.25, 0.3) is 0 Å². The summed E-state index contributed by atoms with van der Waals surface area (Å²) in [7, 11) is 1.88. The number of aryl methyl sites for hydroxylation is 2. The van der Waals surface area contributed by atoms with Crippen molar-refractivity contribution in [2.45, 2.75) is 33.4 Å². The molecule has 0 N–H and O–H groups in total. The van der Waals surface area contributed by atoms with Crippen molar-refractivity contribution in [1.29, 1.82) is 0 Å². The summed E-state index contributed by atoms with van der Waals surface area (Å²) in [5, 5.41) is 5.11. The van der Waals surface area contributed by atoms with Crippen LogP contribution in [0.2, 0.25) is 5.15 Å². The van der Waals surface area contributed by atoms with E-state index in [0.717, 1.165) is 42.7 Å². The Labute approximate surface area is 114 Å². The van der Waals surface area contributed by atoms with Crippen LogP contribution in [0.5, 0.6) is 0 Å².